The molecule has 0 spiro atoms. The highest BCUT2D eigenvalue weighted by molar-refractivity contribution is 6.05. The number of rotatable bonds is 2. The number of carbonyl (C=O) groups is 1. The molecule has 98 valence electrons. The van der Waals surface area contributed by atoms with Crippen LogP contribution in [0.3, 0.4) is 0 Å². The van der Waals surface area contributed by atoms with E-state index < -0.39 is 0 Å². The third-order valence-electron chi connectivity index (χ3n) is 3.35. The molecule has 0 bridgehead atoms. The van der Waals surface area contributed by atoms with Crippen LogP contribution in [0.4, 0.5) is 5.69 Å². The molecule has 0 aromatic heterocycles. The predicted molar refractivity (Wildman–Crippen MR) is 84.9 cm³/mol. The molecule has 1 N–H and O–H groups in total. The van der Waals surface area contributed by atoms with Crippen molar-refractivity contribution in [3.8, 4) is 0 Å². The van der Waals surface area contributed by atoms with Gasteiger partial charge in [-0.25, -0.2) is 0 Å². The topological polar surface area (TPSA) is 29.1 Å². The van der Waals surface area contributed by atoms with Gasteiger partial charge in [0.25, 0.3) is 5.91 Å². The van der Waals surface area contributed by atoms with E-state index in [0.29, 0.717) is 5.57 Å². The molecule has 0 unspecified atom stereocenters. The Balaban J connectivity index is 2.08. The number of hydrogen-bond acceptors (Lipinski definition) is 1. The van der Waals surface area contributed by atoms with Crippen LogP contribution in [0.15, 0.2) is 66.7 Å². The molecule has 0 saturated heterocycles. The minimum Gasteiger partial charge on any atom is -0.322 e. The number of carbonyl (C=O) groups excluding carboxylic acids is 1. The SMILES string of the molecule is C=C(C)C(=O)Nc1ccc2cc3ccccc3cc2c1. The molecule has 0 radical (unpaired) electrons. The standard InChI is InChI=1S/C18H15NO/c1-12(2)18(20)19-17-8-7-15-9-13-5-3-4-6-14(13)10-16(15)11-17/h3-11H,1H2,2H3,(H,19,20). The van der Waals surface area contributed by atoms with Crippen LogP contribution >= 0.6 is 0 Å². The molecule has 0 saturated carbocycles. The number of hydrogen-bond donors (Lipinski definition) is 1. The lowest BCUT2D eigenvalue weighted by molar-refractivity contribution is -0.112. The van der Waals surface area contributed by atoms with Gasteiger partial charge in [-0.15, -0.1) is 0 Å². The summed E-state index contributed by atoms with van der Waals surface area (Å²) in [5.74, 6) is -0.148. The van der Waals surface area contributed by atoms with Gasteiger partial charge in [-0.1, -0.05) is 36.9 Å². The van der Waals surface area contributed by atoms with Gasteiger partial charge in [0, 0.05) is 11.3 Å². The lowest BCUT2D eigenvalue weighted by Gasteiger charge is -2.07. The fourth-order valence-corrected chi connectivity index (χ4v) is 2.26. The van der Waals surface area contributed by atoms with Crippen LogP contribution in [-0.2, 0) is 4.79 Å². The van der Waals surface area contributed by atoms with Crippen LogP contribution in [-0.4, -0.2) is 5.91 Å². The van der Waals surface area contributed by atoms with E-state index in [0.717, 1.165) is 16.5 Å². The Morgan fingerprint density at radius 3 is 2.15 bits per heavy atom. The first kappa shape index (κ1) is 12.4. The minimum atomic E-state index is -0.148. The van der Waals surface area contributed by atoms with Crippen molar-refractivity contribution in [2.45, 2.75) is 6.92 Å². The summed E-state index contributed by atoms with van der Waals surface area (Å²) < 4.78 is 0. The second kappa shape index (κ2) is 4.82. The van der Waals surface area contributed by atoms with Gasteiger partial charge in [-0.2, -0.15) is 0 Å². The quantitative estimate of drug-likeness (QED) is 0.534. The minimum absolute atomic E-state index is 0.148. The first-order chi connectivity index (χ1) is 9.63. The molecule has 0 fully saturated rings. The summed E-state index contributed by atoms with van der Waals surface area (Å²) in [5, 5.41) is 7.54. The Morgan fingerprint density at radius 2 is 1.50 bits per heavy atom. The maximum atomic E-state index is 11.7. The average Bonchev–Trinajstić information content (AvgIpc) is 2.45. The van der Waals surface area contributed by atoms with Gasteiger partial charge in [-0.05, 0) is 52.7 Å². The van der Waals surface area contributed by atoms with Crippen molar-refractivity contribution < 1.29 is 4.79 Å². The predicted octanol–water partition coefficient (Wildman–Crippen LogP) is 4.51. The van der Waals surface area contributed by atoms with Crippen molar-refractivity contribution >= 4 is 33.1 Å². The summed E-state index contributed by atoms with van der Waals surface area (Å²) in [6.45, 7) is 5.34. The highest BCUT2D eigenvalue weighted by Crippen LogP contribution is 2.25. The van der Waals surface area contributed by atoms with Gasteiger partial charge >= 0.3 is 0 Å². The molecular weight excluding hydrogens is 246 g/mol. The molecule has 0 aliphatic carbocycles. The fourth-order valence-electron chi connectivity index (χ4n) is 2.26. The average molecular weight is 261 g/mol. The Hall–Kier alpha value is -2.61. The van der Waals surface area contributed by atoms with Crippen LogP contribution in [0.25, 0.3) is 21.5 Å². The third-order valence-corrected chi connectivity index (χ3v) is 3.35. The highest BCUT2D eigenvalue weighted by atomic mass is 16.1. The molecule has 2 heteroatoms. The second-order valence-electron chi connectivity index (χ2n) is 5.00. The van der Waals surface area contributed by atoms with E-state index in [1.807, 2.05) is 30.3 Å². The molecule has 2 nitrogen and oxygen atoms in total. The highest BCUT2D eigenvalue weighted by Gasteiger charge is 2.04. The zero-order valence-corrected chi connectivity index (χ0v) is 11.3. The smallest absolute Gasteiger partial charge is 0.250 e. The largest absolute Gasteiger partial charge is 0.322 e. The van der Waals surface area contributed by atoms with E-state index in [2.05, 4.69) is 36.2 Å². The lowest BCUT2D eigenvalue weighted by Crippen LogP contribution is -2.11. The summed E-state index contributed by atoms with van der Waals surface area (Å²) in [5.41, 5.74) is 1.30. The third kappa shape index (κ3) is 2.28. The van der Waals surface area contributed by atoms with Gasteiger partial charge in [0.2, 0.25) is 0 Å². The van der Waals surface area contributed by atoms with Crippen molar-refractivity contribution in [2.75, 3.05) is 5.32 Å². The zero-order valence-electron chi connectivity index (χ0n) is 11.3. The first-order valence-electron chi connectivity index (χ1n) is 6.53. The van der Waals surface area contributed by atoms with Crippen molar-refractivity contribution in [3.05, 3.63) is 66.7 Å². The molecule has 3 aromatic carbocycles. The normalized spacial score (nSPS) is 10.7. The van der Waals surface area contributed by atoms with Gasteiger partial charge < -0.3 is 5.32 Å². The Bertz CT molecular complexity index is 833. The van der Waals surface area contributed by atoms with E-state index in [9.17, 15) is 4.79 Å². The number of fused-ring (bicyclic) bond motifs is 2. The Labute approximate surface area is 117 Å². The molecule has 1 amide bonds. The molecule has 20 heavy (non-hydrogen) atoms. The number of benzene rings is 3. The Kier molecular flexibility index (Phi) is 2.99. The van der Waals surface area contributed by atoms with Crippen LogP contribution in [0.5, 0.6) is 0 Å². The lowest BCUT2D eigenvalue weighted by atomic mass is 10.0. The Morgan fingerprint density at radius 1 is 0.900 bits per heavy atom. The summed E-state index contributed by atoms with van der Waals surface area (Å²) in [6.07, 6.45) is 0. The molecular formula is C18H15NO. The molecule has 0 heterocycles. The molecule has 0 aliphatic rings. The van der Waals surface area contributed by atoms with Crippen LogP contribution in [0.2, 0.25) is 0 Å². The van der Waals surface area contributed by atoms with Gasteiger partial charge in [0.1, 0.15) is 0 Å². The van der Waals surface area contributed by atoms with E-state index in [1.54, 1.807) is 6.92 Å². The zero-order chi connectivity index (χ0) is 14.1. The number of anilines is 1. The van der Waals surface area contributed by atoms with E-state index >= 15 is 0 Å². The first-order valence-corrected chi connectivity index (χ1v) is 6.53. The van der Waals surface area contributed by atoms with Crippen LogP contribution < -0.4 is 5.32 Å². The van der Waals surface area contributed by atoms with Crippen molar-refractivity contribution in [1.82, 2.24) is 0 Å². The van der Waals surface area contributed by atoms with E-state index in [1.165, 1.54) is 10.8 Å². The van der Waals surface area contributed by atoms with E-state index in [4.69, 9.17) is 0 Å². The van der Waals surface area contributed by atoms with Gasteiger partial charge in [0.05, 0.1) is 0 Å². The maximum absolute atomic E-state index is 11.7. The van der Waals surface area contributed by atoms with Crippen molar-refractivity contribution in [3.63, 3.8) is 0 Å². The van der Waals surface area contributed by atoms with Gasteiger partial charge in [0.15, 0.2) is 0 Å². The van der Waals surface area contributed by atoms with Crippen LogP contribution in [0, 0.1) is 0 Å². The van der Waals surface area contributed by atoms with Gasteiger partial charge in [-0.3, -0.25) is 4.79 Å². The van der Waals surface area contributed by atoms with E-state index in [-0.39, 0.29) is 5.91 Å². The summed E-state index contributed by atoms with van der Waals surface area (Å²) in [6, 6.07) is 18.5. The second-order valence-corrected chi connectivity index (χ2v) is 5.00. The monoisotopic (exact) mass is 261 g/mol. The van der Waals surface area contributed by atoms with Crippen LogP contribution in [0.1, 0.15) is 6.92 Å². The van der Waals surface area contributed by atoms with Crippen molar-refractivity contribution in [1.29, 1.82) is 0 Å². The molecule has 3 aromatic rings. The van der Waals surface area contributed by atoms with Crippen molar-refractivity contribution in [2.24, 2.45) is 0 Å². The molecule has 3 rings (SSSR count). The summed E-state index contributed by atoms with van der Waals surface area (Å²) in [4.78, 5) is 11.7. The molecule has 0 aliphatic heterocycles. The molecule has 0 atom stereocenters. The number of amides is 1. The summed E-state index contributed by atoms with van der Waals surface area (Å²) in [7, 11) is 0. The summed E-state index contributed by atoms with van der Waals surface area (Å²) >= 11 is 0. The number of nitrogens with one attached hydrogen (secondary N) is 1. The maximum Gasteiger partial charge on any atom is 0.250 e. The fraction of sp³-hybridized carbons (Fsp3) is 0.0556.